The van der Waals surface area contributed by atoms with E-state index < -0.39 is 5.97 Å². The molecule has 0 saturated heterocycles. The van der Waals surface area contributed by atoms with Crippen molar-refractivity contribution in [1.29, 1.82) is 0 Å². The van der Waals surface area contributed by atoms with E-state index in [-0.39, 0.29) is 12.4 Å². The van der Waals surface area contributed by atoms with Gasteiger partial charge < -0.3 is 4.74 Å². The molecule has 0 aliphatic heterocycles. The summed E-state index contributed by atoms with van der Waals surface area (Å²) in [7, 11) is 0. The van der Waals surface area contributed by atoms with Gasteiger partial charge >= 0.3 is 5.97 Å². The SMILES string of the molecule is O=C(/C=C/c1cccc(Br)c1)OCC(=O)c1ccc(Cl)s1. The topological polar surface area (TPSA) is 43.4 Å². The Bertz CT molecular complexity index is 694. The van der Waals surface area contributed by atoms with Crippen molar-refractivity contribution in [3.8, 4) is 0 Å². The molecular weight excluding hydrogens is 376 g/mol. The Morgan fingerprint density at radius 1 is 1.29 bits per heavy atom. The Morgan fingerprint density at radius 2 is 2.10 bits per heavy atom. The summed E-state index contributed by atoms with van der Waals surface area (Å²) in [6.45, 7) is -0.293. The second kappa shape index (κ2) is 7.54. The molecule has 0 fully saturated rings. The Labute approximate surface area is 139 Å². The number of benzene rings is 1. The lowest BCUT2D eigenvalue weighted by atomic mass is 10.2. The molecule has 0 spiro atoms. The van der Waals surface area contributed by atoms with Crippen LogP contribution in [0.25, 0.3) is 6.08 Å². The van der Waals surface area contributed by atoms with Crippen LogP contribution in [0.5, 0.6) is 0 Å². The van der Waals surface area contributed by atoms with Crippen LogP contribution in [0, 0.1) is 0 Å². The molecule has 0 saturated carbocycles. The molecule has 0 bridgehead atoms. The average Bonchev–Trinajstić information content (AvgIpc) is 2.89. The first-order valence-corrected chi connectivity index (χ1v) is 7.92. The summed E-state index contributed by atoms with van der Waals surface area (Å²) in [6.07, 6.45) is 2.91. The van der Waals surface area contributed by atoms with E-state index in [2.05, 4.69) is 15.9 Å². The lowest BCUT2D eigenvalue weighted by Gasteiger charge is -1.99. The fourth-order valence-corrected chi connectivity index (χ4v) is 2.88. The van der Waals surface area contributed by atoms with Crippen molar-refractivity contribution in [2.45, 2.75) is 0 Å². The van der Waals surface area contributed by atoms with Crippen LogP contribution in [0.3, 0.4) is 0 Å². The lowest BCUT2D eigenvalue weighted by Crippen LogP contribution is -2.11. The number of esters is 1. The standard InChI is InChI=1S/C15H10BrClO3S/c16-11-3-1-2-10(8-11)4-7-15(19)20-9-12(18)13-5-6-14(17)21-13/h1-8H,9H2/b7-4+. The predicted molar refractivity (Wildman–Crippen MR) is 87.8 cm³/mol. The van der Waals surface area contributed by atoms with Gasteiger partial charge in [0.05, 0.1) is 9.21 Å². The van der Waals surface area contributed by atoms with E-state index in [1.165, 1.54) is 6.08 Å². The Kier molecular flexibility index (Phi) is 5.73. The van der Waals surface area contributed by atoms with E-state index in [4.69, 9.17) is 16.3 Å². The minimum Gasteiger partial charge on any atom is -0.454 e. The number of halogens is 2. The fraction of sp³-hybridized carbons (Fsp3) is 0.0667. The van der Waals surface area contributed by atoms with Gasteiger partial charge in [-0.1, -0.05) is 39.7 Å². The second-order valence-electron chi connectivity index (χ2n) is 4.02. The zero-order valence-electron chi connectivity index (χ0n) is 10.7. The number of thiophene rings is 1. The lowest BCUT2D eigenvalue weighted by molar-refractivity contribution is -0.136. The van der Waals surface area contributed by atoms with Crippen molar-refractivity contribution in [1.82, 2.24) is 0 Å². The summed E-state index contributed by atoms with van der Waals surface area (Å²) in [4.78, 5) is 23.7. The van der Waals surface area contributed by atoms with Crippen LogP contribution in [0.15, 0.2) is 46.9 Å². The fourth-order valence-electron chi connectivity index (χ4n) is 1.49. The zero-order valence-corrected chi connectivity index (χ0v) is 13.9. The number of ketones is 1. The number of Topliss-reactive ketones (excluding diaryl/α,β-unsaturated/α-hetero) is 1. The third-order valence-electron chi connectivity index (χ3n) is 2.45. The number of carbonyl (C=O) groups is 2. The van der Waals surface area contributed by atoms with Gasteiger partial charge in [-0.3, -0.25) is 4.79 Å². The summed E-state index contributed by atoms with van der Waals surface area (Å²) in [5.74, 6) is -0.831. The summed E-state index contributed by atoms with van der Waals surface area (Å²) in [5.41, 5.74) is 0.859. The van der Waals surface area contributed by atoms with Gasteiger partial charge in [0.1, 0.15) is 0 Å². The highest BCUT2D eigenvalue weighted by Crippen LogP contribution is 2.21. The molecule has 0 aliphatic rings. The highest BCUT2D eigenvalue weighted by molar-refractivity contribution is 9.10. The molecule has 1 aromatic carbocycles. The zero-order chi connectivity index (χ0) is 15.2. The summed E-state index contributed by atoms with van der Waals surface area (Å²) in [6, 6.07) is 10.7. The van der Waals surface area contributed by atoms with Crippen molar-refractivity contribution in [3.05, 3.63) is 61.7 Å². The molecule has 6 heteroatoms. The molecule has 1 aromatic heterocycles. The van der Waals surface area contributed by atoms with Crippen molar-refractivity contribution in [2.24, 2.45) is 0 Å². The molecule has 0 amide bonds. The van der Waals surface area contributed by atoms with Crippen LogP contribution >= 0.6 is 38.9 Å². The molecule has 0 atom stereocenters. The minimum atomic E-state index is -0.564. The van der Waals surface area contributed by atoms with E-state index in [9.17, 15) is 9.59 Å². The van der Waals surface area contributed by atoms with Crippen molar-refractivity contribution < 1.29 is 14.3 Å². The first-order valence-electron chi connectivity index (χ1n) is 5.93. The average molecular weight is 386 g/mol. The van der Waals surface area contributed by atoms with Gasteiger partial charge in [0, 0.05) is 10.5 Å². The van der Waals surface area contributed by atoms with Gasteiger partial charge in [0.25, 0.3) is 0 Å². The van der Waals surface area contributed by atoms with E-state index in [0.29, 0.717) is 9.21 Å². The molecule has 0 aliphatic carbocycles. The van der Waals surface area contributed by atoms with Gasteiger partial charge in [-0.05, 0) is 35.9 Å². The van der Waals surface area contributed by atoms with Gasteiger partial charge in [-0.2, -0.15) is 0 Å². The Balaban J connectivity index is 1.86. The molecule has 1 heterocycles. The van der Waals surface area contributed by atoms with Crippen LogP contribution in [0.1, 0.15) is 15.2 Å². The van der Waals surface area contributed by atoms with Crippen LogP contribution in [-0.4, -0.2) is 18.4 Å². The van der Waals surface area contributed by atoms with E-state index in [1.54, 1.807) is 18.2 Å². The maximum absolute atomic E-state index is 11.7. The molecule has 0 unspecified atom stereocenters. The number of ether oxygens (including phenoxy) is 1. The smallest absolute Gasteiger partial charge is 0.331 e. The molecule has 0 radical (unpaired) electrons. The van der Waals surface area contributed by atoms with Gasteiger partial charge in [0.15, 0.2) is 6.61 Å². The predicted octanol–water partition coefficient (Wildman–Crippen LogP) is 4.60. The van der Waals surface area contributed by atoms with E-state index >= 15 is 0 Å². The van der Waals surface area contributed by atoms with Crippen LogP contribution in [-0.2, 0) is 9.53 Å². The van der Waals surface area contributed by atoms with E-state index in [0.717, 1.165) is 21.4 Å². The maximum Gasteiger partial charge on any atom is 0.331 e. The van der Waals surface area contributed by atoms with Crippen LogP contribution < -0.4 is 0 Å². The van der Waals surface area contributed by atoms with Crippen molar-refractivity contribution in [3.63, 3.8) is 0 Å². The number of hydrogen-bond acceptors (Lipinski definition) is 4. The number of carbonyl (C=O) groups excluding carboxylic acids is 2. The summed E-state index contributed by atoms with van der Waals surface area (Å²) < 4.78 is 6.34. The quantitative estimate of drug-likeness (QED) is 0.429. The molecule has 3 nitrogen and oxygen atoms in total. The number of rotatable bonds is 5. The third-order valence-corrected chi connectivity index (χ3v) is 4.22. The monoisotopic (exact) mass is 384 g/mol. The Morgan fingerprint density at radius 3 is 2.76 bits per heavy atom. The number of hydrogen-bond donors (Lipinski definition) is 0. The second-order valence-corrected chi connectivity index (χ2v) is 6.65. The van der Waals surface area contributed by atoms with Crippen LogP contribution in [0.4, 0.5) is 0 Å². The highest BCUT2D eigenvalue weighted by atomic mass is 79.9. The van der Waals surface area contributed by atoms with Gasteiger partial charge in [-0.25, -0.2) is 4.79 Å². The first kappa shape index (κ1) is 15.9. The molecular formula is C15H10BrClO3S. The van der Waals surface area contributed by atoms with Gasteiger partial charge in [-0.15, -0.1) is 11.3 Å². The molecule has 0 N–H and O–H groups in total. The largest absolute Gasteiger partial charge is 0.454 e. The van der Waals surface area contributed by atoms with Crippen LogP contribution in [0.2, 0.25) is 4.34 Å². The Hall–Kier alpha value is -1.43. The van der Waals surface area contributed by atoms with Crippen molar-refractivity contribution in [2.75, 3.05) is 6.61 Å². The van der Waals surface area contributed by atoms with Gasteiger partial charge in [0.2, 0.25) is 5.78 Å². The minimum absolute atomic E-state index is 0.267. The van der Waals surface area contributed by atoms with Crippen molar-refractivity contribution >= 4 is 56.7 Å². The summed E-state index contributed by atoms with van der Waals surface area (Å²) >= 11 is 10.2. The maximum atomic E-state index is 11.7. The molecule has 21 heavy (non-hydrogen) atoms. The van der Waals surface area contributed by atoms with E-state index in [1.807, 2.05) is 24.3 Å². The highest BCUT2D eigenvalue weighted by Gasteiger charge is 2.10. The molecule has 2 rings (SSSR count). The molecule has 108 valence electrons. The first-order chi connectivity index (χ1) is 10.0. The third kappa shape index (κ3) is 5.12. The summed E-state index contributed by atoms with van der Waals surface area (Å²) in [5, 5.41) is 0. The normalized spacial score (nSPS) is 10.8. The molecule has 2 aromatic rings.